The summed E-state index contributed by atoms with van der Waals surface area (Å²) in [6.07, 6.45) is 8.62. The first-order chi connectivity index (χ1) is 26.0. The van der Waals surface area contributed by atoms with Crippen LogP contribution in [0.25, 0.3) is 0 Å². The van der Waals surface area contributed by atoms with Crippen LogP contribution in [0.1, 0.15) is 111 Å². The van der Waals surface area contributed by atoms with Crippen LogP contribution in [0.4, 0.5) is 4.79 Å². The monoisotopic (exact) mass is 769 g/mol. The number of hydrogen-bond acceptors (Lipinski definition) is 8. The number of rotatable bonds is 20. The van der Waals surface area contributed by atoms with Gasteiger partial charge in [-0.15, -0.1) is 0 Å². The number of alkyl carbamates (subject to hydrolysis) is 1. The van der Waals surface area contributed by atoms with Crippen LogP contribution < -0.4 is 20.7 Å². The second-order valence-electron chi connectivity index (χ2n) is 16.8. The predicted molar refractivity (Wildman–Crippen MR) is 213 cm³/mol. The summed E-state index contributed by atoms with van der Waals surface area (Å²) < 4.78 is 10.8. The van der Waals surface area contributed by atoms with Gasteiger partial charge in [0.1, 0.15) is 23.4 Å². The van der Waals surface area contributed by atoms with E-state index >= 15 is 0 Å². The number of nitrogens with one attached hydrogen (secondary N) is 4. The highest BCUT2D eigenvalue weighted by molar-refractivity contribution is 5.91. The van der Waals surface area contributed by atoms with Gasteiger partial charge in [-0.3, -0.25) is 14.4 Å². The van der Waals surface area contributed by atoms with Gasteiger partial charge in [0, 0.05) is 44.2 Å². The Morgan fingerprint density at radius 2 is 1.67 bits per heavy atom. The molecule has 2 aromatic rings. The molecule has 3 rings (SSSR count). The predicted octanol–water partition coefficient (Wildman–Crippen LogP) is 5.56. The molecule has 1 saturated carbocycles. The highest BCUT2D eigenvalue weighted by atomic mass is 16.6. The first-order valence-electron chi connectivity index (χ1n) is 20.1. The van der Waals surface area contributed by atoms with E-state index in [1.54, 1.807) is 53.3 Å². The molecule has 1 aliphatic carbocycles. The molecule has 308 valence electrons. The third-order valence-electron chi connectivity index (χ3n) is 10.7. The van der Waals surface area contributed by atoms with Crippen LogP contribution in [0.5, 0.6) is 5.75 Å². The van der Waals surface area contributed by atoms with Crippen LogP contribution in [0, 0.1) is 23.7 Å². The van der Waals surface area contributed by atoms with Crippen molar-refractivity contribution in [2.75, 3.05) is 20.7 Å². The third-order valence-corrected chi connectivity index (χ3v) is 10.7. The molecule has 1 heterocycles. The number of H-pyrrole nitrogens is 1. The lowest BCUT2D eigenvalue weighted by atomic mass is 9.81. The van der Waals surface area contributed by atoms with Gasteiger partial charge in [0.05, 0.1) is 25.6 Å². The zero-order chi connectivity index (χ0) is 40.7. The Balaban J connectivity index is 1.92. The number of imidazole rings is 1. The second kappa shape index (κ2) is 21.8. The van der Waals surface area contributed by atoms with Gasteiger partial charge in [-0.25, -0.2) is 9.78 Å². The summed E-state index contributed by atoms with van der Waals surface area (Å²) in [4.78, 5) is 64.0. The summed E-state index contributed by atoms with van der Waals surface area (Å²) >= 11 is 0. The van der Waals surface area contributed by atoms with Crippen molar-refractivity contribution in [2.45, 2.75) is 143 Å². The Kier molecular flexibility index (Phi) is 18.0. The first-order valence-corrected chi connectivity index (χ1v) is 20.1. The number of methoxy groups -OCH3 is 1. The maximum atomic E-state index is 14.5. The summed E-state index contributed by atoms with van der Waals surface area (Å²) in [7, 11) is 3.11. The fraction of sp³-hybridized carbons (Fsp3) is 0.690. The second-order valence-corrected chi connectivity index (χ2v) is 16.8. The molecule has 1 aromatic carbocycles. The van der Waals surface area contributed by atoms with E-state index in [1.807, 2.05) is 26.0 Å². The molecule has 1 aliphatic rings. The van der Waals surface area contributed by atoms with Crippen LogP contribution in [-0.2, 0) is 32.0 Å². The lowest BCUT2D eigenvalue weighted by Gasteiger charge is -2.35. The fourth-order valence-electron chi connectivity index (χ4n) is 7.09. The fourth-order valence-corrected chi connectivity index (χ4v) is 7.09. The lowest BCUT2D eigenvalue weighted by Crippen LogP contribution is -2.58. The zero-order valence-electron chi connectivity index (χ0n) is 34.7. The molecule has 0 aliphatic heterocycles. The standard InChI is InChI=1S/C42H68N6O7/c1-10-28(4)24-44-38(50)33(27(2)3)23-37(49)34(20-29-14-12-11-13-15-29)46-39(51)36(22-31-25-43-26-45-31)48(8)40(52)35(47-41(53)55-42(5,6)7)21-30-16-18-32(54-9)19-17-30/h16-19,25-29,33-37,49H,10-15,20-24H2,1-9H3,(H,43,45)(H,44,50)(H,46,51)(H,47,53)/t28-,33+,34-,35-,36-,37-/m0/s1. The van der Waals surface area contributed by atoms with E-state index < -0.39 is 53.7 Å². The van der Waals surface area contributed by atoms with E-state index in [0.29, 0.717) is 36.2 Å². The molecule has 0 saturated heterocycles. The molecule has 5 N–H and O–H groups in total. The Morgan fingerprint density at radius 3 is 2.24 bits per heavy atom. The molecule has 0 spiro atoms. The average molecular weight is 769 g/mol. The van der Waals surface area contributed by atoms with Crippen molar-refractivity contribution in [2.24, 2.45) is 23.7 Å². The van der Waals surface area contributed by atoms with Gasteiger partial charge in [-0.05, 0) is 69.1 Å². The number of ether oxygens (including phenoxy) is 2. The molecule has 0 bridgehead atoms. The van der Waals surface area contributed by atoms with Gasteiger partial charge < -0.3 is 40.4 Å². The summed E-state index contributed by atoms with van der Waals surface area (Å²) in [5.41, 5.74) is 0.597. The highest BCUT2D eigenvalue weighted by Gasteiger charge is 2.37. The first kappa shape index (κ1) is 45.3. The SMILES string of the molecule is CC[C@H](C)CNC(=O)[C@H](C[C@H](O)[C@H](CC1CCCCC1)NC(=O)[C@H](Cc1cnc[nH]1)N(C)C(=O)[C@H](Cc1ccc(OC)cc1)NC(=O)OC(C)(C)C)C(C)C. The minimum atomic E-state index is -1.07. The summed E-state index contributed by atoms with van der Waals surface area (Å²) in [6.45, 7) is 13.9. The van der Waals surface area contributed by atoms with Gasteiger partial charge >= 0.3 is 6.09 Å². The molecule has 4 amide bonds. The van der Waals surface area contributed by atoms with Crippen LogP contribution in [0.15, 0.2) is 36.8 Å². The van der Waals surface area contributed by atoms with Crippen LogP contribution in [0.3, 0.4) is 0 Å². The van der Waals surface area contributed by atoms with Crippen molar-refractivity contribution in [3.05, 3.63) is 48.0 Å². The number of benzene rings is 1. The normalized spacial score (nSPS) is 16.9. The van der Waals surface area contributed by atoms with Crippen LogP contribution in [-0.4, -0.2) is 94.3 Å². The van der Waals surface area contributed by atoms with Gasteiger partial charge in [0.2, 0.25) is 17.7 Å². The Morgan fingerprint density at radius 1 is 1.00 bits per heavy atom. The lowest BCUT2D eigenvalue weighted by molar-refractivity contribution is -0.141. The number of carbonyl (C=O) groups excluding carboxylic acids is 4. The maximum absolute atomic E-state index is 14.5. The molecule has 0 unspecified atom stereocenters. The summed E-state index contributed by atoms with van der Waals surface area (Å²) in [5, 5.41) is 20.9. The molecule has 6 atom stereocenters. The number of aromatic nitrogens is 2. The van der Waals surface area contributed by atoms with E-state index in [4.69, 9.17) is 9.47 Å². The number of carbonyl (C=O) groups is 4. The maximum Gasteiger partial charge on any atom is 0.408 e. The van der Waals surface area contributed by atoms with E-state index in [9.17, 15) is 24.3 Å². The minimum Gasteiger partial charge on any atom is -0.497 e. The largest absolute Gasteiger partial charge is 0.497 e. The van der Waals surface area contributed by atoms with Crippen molar-refractivity contribution in [3.8, 4) is 5.75 Å². The summed E-state index contributed by atoms with van der Waals surface area (Å²) in [6, 6.07) is 4.43. The van der Waals surface area contributed by atoms with Crippen molar-refractivity contribution in [1.29, 1.82) is 0 Å². The molecule has 1 aromatic heterocycles. The molecule has 0 radical (unpaired) electrons. The Hall–Kier alpha value is -4.13. The van der Waals surface area contributed by atoms with E-state index in [1.165, 1.54) is 11.2 Å². The highest BCUT2D eigenvalue weighted by Crippen LogP contribution is 2.30. The van der Waals surface area contributed by atoms with Crippen LogP contribution in [0.2, 0.25) is 0 Å². The Bertz CT molecular complexity index is 1470. The minimum absolute atomic E-state index is 0.0328. The number of nitrogens with zero attached hydrogens (tertiary/aromatic N) is 2. The van der Waals surface area contributed by atoms with Gasteiger partial charge in [0.25, 0.3) is 0 Å². The van der Waals surface area contributed by atoms with E-state index in [2.05, 4.69) is 39.8 Å². The third kappa shape index (κ3) is 15.1. The van der Waals surface area contributed by atoms with Crippen molar-refractivity contribution in [3.63, 3.8) is 0 Å². The number of amides is 4. The quantitative estimate of drug-likeness (QED) is 0.116. The molecule has 13 heteroatoms. The van der Waals surface area contributed by atoms with Gasteiger partial charge in [0.15, 0.2) is 0 Å². The number of aromatic amines is 1. The molecule has 13 nitrogen and oxygen atoms in total. The zero-order valence-corrected chi connectivity index (χ0v) is 34.7. The van der Waals surface area contributed by atoms with Crippen molar-refractivity contribution < 1.29 is 33.8 Å². The van der Waals surface area contributed by atoms with E-state index in [-0.39, 0.29) is 31.1 Å². The summed E-state index contributed by atoms with van der Waals surface area (Å²) in [5.74, 6) is -0.236. The number of hydrogen-bond donors (Lipinski definition) is 5. The molecular weight excluding hydrogens is 700 g/mol. The smallest absolute Gasteiger partial charge is 0.408 e. The number of aliphatic hydroxyl groups excluding tert-OH is 1. The average Bonchev–Trinajstić information content (AvgIpc) is 3.67. The Labute approximate surface area is 328 Å². The van der Waals surface area contributed by atoms with Gasteiger partial charge in [-0.2, -0.15) is 0 Å². The molecular formula is C42H68N6O7. The number of aliphatic hydroxyl groups is 1. The molecule has 1 fully saturated rings. The van der Waals surface area contributed by atoms with Crippen molar-refractivity contribution in [1.82, 2.24) is 30.8 Å². The van der Waals surface area contributed by atoms with E-state index in [0.717, 1.165) is 44.1 Å². The topological polar surface area (TPSA) is 175 Å². The number of likely N-dealkylation sites (N-methyl/N-ethyl adjacent to an activating group) is 1. The molecule has 55 heavy (non-hydrogen) atoms. The van der Waals surface area contributed by atoms with Gasteiger partial charge in [-0.1, -0.05) is 78.4 Å². The van der Waals surface area contributed by atoms with Crippen LogP contribution >= 0.6 is 0 Å². The van der Waals surface area contributed by atoms with Crippen molar-refractivity contribution >= 4 is 23.8 Å².